The number of carbonyl (C=O) groups excluding carboxylic acids is 1. The first-order chi connectivity index (χ1) is 5.74. The van der Waals surface area contributed by atoms with Gasteiger partial charge in [-0.1, -0.05) is 12.1 Å². The number of ether oxygens (including phenoxy) is 1. The molecule has 0 aliphatic heterocycles. The number of carbonyl (C=O) groups is 1. The molecule has 0 saturated carbocycles. The van der Waals surface area contributed by atoms with Crippen molar-refractivity contribution in [2.75, 3.05) is 0 Å². The Bertz CT molecular complexity index is 257. The van der Waals surface area contributed by atoms with Gasteiger partial charge in [0.1, 0.15) is 5.75 Å². The second-order valence-corrected chi connectivity index (χ2v) is 2.16. The zero-order chi connectivity index (χ0) is 8.97. The van der Waals surface area contributed by atoms with Crippen LogP contribution < -0.4 is 10.2 Å². The Kier molecular flexibility index (Phi) is 2.84. The fraction of sp³-hybridized carbons (Fsp3) is 0. The predicted molar refractivity (Wildman–Crippen MR) is 43.0 cm³/mol. The van der Waals surface area contributed by atoms with E-state index in [0.717, 1.165) is 0 Å². The molecule has 0 saturated heterocycles. The van der Waals surface area contributed by atoms with Crippen LogP contribution in [0.15, 0.2) is 24.3 Å². The second kappa shape index (κ2) is 3.89. The van der Waals surface area contributed by atoms with Crippen molar-refractivity contribution >= 4 is 19.1 Å². The van der Waals surface area contributed by atoms with Crippen LogP contribution in [0.4, 0.5) is 0 Å². The summed E-state index contributed by atoms with van der Waals surface area (Å²) in [6, 6.07) is 5.87. The first-order valence-electron chi connectivity index (χ1n) is 3.30. The first kappa shape index (κ1) is 8.77. The zero-order valence-electron chi connectivity index (χ0n) is 6.18. The summed E-state index contributed by atoms with van der Waals surface area (Å²) in [5.74, 6) is 0.370. The van der Waals surface area contributed by atoms with Crippen molar-refractivity contribution in [3.8, 4) is 5.75 Å². The van der Waals surface area contributed by atoms with Gasteiger partial charge in [0.05, 0.1) is 0 Å². The highest BCUT2D eigenvalue weighted by Gasteiger charge is 2.09. The van der Waals surface area contributed by atoms with Crippen LogP contribution in [-0.2, 0) is 4.79 Å². The summed E-state index contributed by atoms with van der Waals surface area (Å²) >= 11 is 0. The van der Waals surface area contributed by atoms with E-state index >= 15 is 0 Å². The number of hydrogen-bond acceptors (Lipinski definition) is 4. The molecule has 1 aromatic carbocycles. The minimum absolute atomic E-state index is 0.310. The average Bonchev–Trinajstić information content (AvgIpc) is 2.06. The third-order valence-corrected chi connectivity index (χ3v) is 1.36. The van der Waals surface area contributed by atoms with Crippen LogP contribution in [0, 0.1) is 0 Å². The normalized spacial score (nSPS) is 9.17. The molecule has 0 unspecified atom stereocenters. The summed E-state index contributed by atoms with van der Waals surface area (Å²) in [5.41, 5.74) is 0.355. The molecule has 0 bridgehead atoms. The molecule has 0 amide bonds. The fourth-order valence-corrected chi connectivity index (χ4v) is 0.774. The van der Waals surface area contributed by atoms with Crippen LogP contribution in [-0.4, -0.2) is 23.6 Å². The van der Waals surface area contributed by atoms with E-state index < -0.39 is 7.12 Å². The molecule has 12 heavy (non-hydrogen) atoms. The summed E-state index contributed by atoms with van der Waals surface area (Å²) in [6.07, 6.45) is 0. The van der Waals surface area contributed by atoms with E-state index in [2.05, 4.69) is 4.74 Å². The Morgan fingerprint density at radius 1 is 1.25 bits per heavy atom. The van der Waals surface area contributed by atoms with Gasteiger partial charge in [-0.3, -0.25) is 4.79 Å². The summed E-state index contributed by atoms with van der Waals surface area (Å²) in [4.78, 5) is 9.87. The van der Waals surface area contributed by atoms with Gasteiger partial charge in [-0.05, 0) is 17.6 Å². The van der Waals surface area contributed by atoms with Crippen LogP contribution >= 0.6 is 0 Å². The lowest BCUT2D eigenvalue weighted by molar-refractivity contribution is -0.120. The Labute approximate surface area is 69.6 Å². The van der Waals surface area contributed by atoms with Gasteiger partial charge in [-0.25, -0.2) is 0 Å². The molecule has 4 nitrogen and oxygen atoms in total. The predicted octanol–water partition coefficient (Wildman–Crippen LogP) is -1.10. The van der Waals surface area contributed by atoms with Gasteiger partial charge in [0.25, 0.3) is 6.47 Å². The molecular weight excluding hydrogens is 159 g/mol. The van der Waals surface area contributed by atoms with Gasteiger partial charge in [-0.2, -0.15) is 0 Å². The maximum Gasteiger partial charge on any atom is 0.488 e. The standard InChI is InChI=1S/C7H7BO4/c9-5-12-7-3-1-6(2-4-7)8(10)11/h1-5,10-11H. The molecular formula is C7H7BO4. The fourth-order valence-electron chi connectivity index (χ4n) is 0.774. The van der Waals surface area contributed by atoms with Gasteiger partial charge in [-0.15, -0.1) is 0 Å². The molecule has 5 heteroatoms. The van der Waals surface area contributed by atoms with Crippen LogP contribution in [0.5, 0.6) is 5.75 Å². The van der Waals surface area contributed by atoms with Crippen molar-refractivity contribution in [2.24, 2.45) is 0 Å². The number of benzene rings is 1. The lowest BCUT2D eigenvalue weighted by atomic mass is 9.80. The molecule has 0 aliphatic carbocycles. The molecule has 2 N–H and O–H groups in total. The van der Waals surface area contributed by atoms with Gasteiger partial charge < -0.3 is 14.8 Å². The van der Waals surface area contributed by atoms with Crippen molar-refractivity contribution in [1.82, 2.24) is 0 Å². The van der Waals surface area contributed by atoms with E-state index in [4.69, 9.17) is 10.0 Å². The average molecular weight is 166 g/mol. The topological polar surface area (TPSA) is 66.8 Å². The lowest BCUT2D eigenvalue weighted by Crippen LogP contribution is -2.29. The molecule has 0 radical (unpaired) electrons. The van der Waals surface area contributed by atoms with Gasteiger partial charge in [0.2, 0.25) is 0 Å². The van der Waals surface area contributed by atoms with Crippen LogP contribution in [0.3, 0.4) is 0 Å². The van der Waals surface area contributed by atoms with E-state index in [1.165, 1.54) is 24.3 Å². The number of rotatable bonds is 3. The zero-order valence-corrected chi connectivity index (χ0v) is 6.18. The van der Waals surface area contributed by atoms with E-state index in [-0.39, 0.29) is 0 Å². The molecule has 1 aromatic rings. The lowest BCUT2D eigenvalue weighted by Gasteiger charge is -1.99. The Hall–Kier alpha value is -1.33. The van der Waals surface area contributed by atoms with Crippen molar-refractivity contribution in [3.63, 3.8) is 0 Å². The summed E-state index contributed by atoms with van der Waals surface area (Å²) in [7, 11) is -1.49. The van der Waals surface area contributed by atoms with Crippen molar-refractivity contribution in [3.05, 3.63) is 24.3 Å². The van der Waals surface area contributed by atoms with Crippen molar-refractivity contribution in [1.29, 1.82) is 0 Å². The first-order valence-corrected chi connectivity index (χ1v) is 3.30. The minimum Gasteiger partial charge on any atom is -0.429 e. The maximum absolute atomic E-state index is 9.87. The maximum atomic E-state index is 9.87. The molecule has 0 spiro atoms. The quantitative estimate of drug-likeness (QED) is 0.441. The highest BCUT2D eigenvalue weighted by atomic mass is 16.5. The van der Waals surface area contributed by atoms with E-state index in [0.29, 0.717) is 17.7 Å². The molecule has 0 heterocycles. The molecule has 0 aromatic heterocycles. The van der Waals surface area contributed by atoms with E-state index in [1.54, 1.807) is 0 Å². The Morgan fingerprint density at radius 2 is 1.83 bits per heavy atom. The molecule has 0 aliphatic rings. The van der Waals surface area contributed by atoms with Gasteiger partial charge in [0.15, 0.2) is 0 Å². The summed E-state index contributed by atoms with van der Waals surface area (Å²) in [5, 5.41) is 17.4. The van der Waals surface area contributed by atoms with Crippen LogP contribution in [0.25, 0.3) is 0 Å². The summed E-state index contributed by atoms with van der Waals surface area (Å²) in [6.45, 7) is 0.310. The number of hydrogen-bond donors (Lipinski definition) is 2. The van der Waals surface area contributed by atoms with Crippen LogP contribution in [0.1, 0.15) is 0 Å². The highest BCUT2D eigenvalue weighted by Crippen LogP contribution is 2.05. The molecule has 62 valence electrons. The monoisotopic (exact) mass is 166 g/mol. The Morgan fingerprint density at radius 3 is 2.25 bits per heavy atom. The summed E-state index contributed by atoms with van der Waals surface area (Å²) < 4.78 is 4.50. The minimum atomic E-state index is -1.49. The molecule has 0 fully saturated rings. The highest BCUT2D eigenvalue weighted by molar-refractivity contribution is 6.58. The van der Waals surface area contributed by atoms with Gasteiger partial charge >= 0.3 is 7.12 Å². The largest absolute Gasteiger partial charge is 0.488 e. The van der Waals surface area contributed by atoms with Gasteiger partial charge in [0, 0.05) is 0 Å². The second-order valence-electron chi connectivity index (χ2n) is 2.16. The SMILES string of the molecule is O=COc1ccc(B(O)O)cc1. The molecule has 0 atom stereocenters. The van der Waals surface area contributed by atoms with Crippen molar-refractivity contribution in [2.45, 2.75) is 0 Å². The molecule has 1 rings (SSSR count). The van der Waals surface area contributed by atoms with E-state index in [1.807, 2.05) is 0 Å². The Balaban J connectivity index is 2.78. The van der Waals surface area contributed by atoms with Crippen molar-refractivity contribution < 1.29 is 19.6 Å². The third kappa shape index (κ3) is 2.08. The van der Waals surface area contributed by atoms with Crippen LogP contribution in [0.2, 0.25) is 0 Å². The third-order valence-electron chi connectivity index (χ3n) is 1.36. The van der Waals surface area contributed by atoms with E-state index in [9.17, 15) is 4.79 Å². The smallest absolute Gasteiger partial charge is 0.429 e.